The molecule has 0 radical (unpaired) electrons. The fourth-order valence-electron chi connectivity index (χ4n) is 1.87. The first-order valence-electron chi connectivity index (χ1n) is 5.94. The second kappa shape index (κ2) is 6.21. The summed E-state index contributed by atoms with van der Waals surface area (Å²) in [6.07, 6.45) is 0.895. The van der Waals surface area contributed by atoms with Gasteiger partial charge in [0.1, 0.15) is 0 Å². The predicted molar refractivity (Wildman–Crippen MR) is 82.1 cm³/mol. The van der Waals surface area contributed by atoms with Crippen molar-refractivity contribution in [2.24, 2.45) is 0 Å². The van der Waals surface area contributed by atoms with Gasteiger partial charge >= 0.3 is 5.97 Å². The zero-order chi connectivity index (χ0) is 13.8. The topological polar surface area (TPSA) is 49.3 Å². The number of aromatic carboxylic acids is 1. The Morgan fingerprint density at radius 2 is 2.26 bits per heavy atom. The van der Waals surface area contributed by atoms with Gasteiger partial charge in [0.25, 0.3) is 0 Å². The van der Waals surface area contributed by atoms with Crippen molar-refractivity contribution in [3.8, 4) is 0 Å². The quantitative estimate of drug-likeness (QED) is 0.824. The zero-order valence-electron chi connectivity index (χ0n) is 10.4. The van der Waals surface area contributed by atoms with Gasteiger partial charge in [-0.2, -0.15) is 0 Å². The Balaban J connectivity index is 2.31. The number of benzene rings is 1. The number of rotatable bonds is 5. The summed E-state index contributed by atoms with van der Waals surface area (Å²) in [6.45, 7) is 2.08. The number of nitrogens with one attached hydrogen (secondary N) is 1. The highest BCUT2D eigenvalue weighted by Gasteiger charge is 2.15. The molecule has 3 nitrogen and oxygen atoms in total. The molecule has 0 spiro atoms. The van der Waals surface area contributed by atoms with Crippen LogP contribution in [0.4, 0.5) is 5.69 Å². The third kappa shape index (κ3) is 3.36. The van der Waals surface area contributed by atoms with E-state index in [2.05, 4.69) is 34.2 Å². The minimum Gasteiger partial charge on any atom is -0.478 e. The van der Waals surface area contributed by atoms with Crippen LogP contribution in [0.2, 0.25) is 0 Å². The maximum Gasteiger partial charge on any atom is 0.337 e. The number of thiophene rings is 1. The second-order valence-electron chi connectivity index (χ2n) is 4.12. The van der Waals surface area contributed by atoms with Crippen LogP contribution in [0.25, 0.3) is 0 Å². The highest BCUT2D eigenvalue weighted by molar-refractivity contribution is 9.10. The van der Waals surface area contributed by atoms with E-state index in [0.717, 1.165) is 10.9 Å². The lowest BCUT2D eigenvalue weighted by Crippen LogP contribution is -2.11. The van der Waals surface area contributed by atoms with Gasteiger partial charge in [0.15, 0.2) is 0 Å². The third-order valence-corrected chi connectivity index (χ3v) is 4.32. The van der Waals surface area contributed by atoms with Gasteiger partial charge in [-0.05, 0) is 36.1 Å². The first-order chi connectivity index (χ1) is 9.11. The highest BCUT2D eigenvalue weighted by atomic mass is 79.9. The van der Waals surface area contributed by atoms with E-state index in [9.17, 15) is 9.90 Å². The molecule has 0 aliphatic rings. The monoisotopic (exact) mass is 339 g/mol. The van der Waals surface area contributed by atoms with Crippen molar-refractivity contribution in [3.63, 3.8) is 0 Å². The van der Waals surface area contributed by atoms with Crippen molar-refractivity contribution < 1.29 is 9.90 Å². The Bertz CT molecular complexity index is 569. The van der Waals surface area contributed by atoms with Gasteiger partial charge in [0, 0.05) is 9.35 Å². The fourth-order valence-corrected chi connectivity index (χ4v) is 3.10. The van der Waals surface area contributed by atoms with E-state index in [1.165, 1.54) is 4.88 Å². The average molecular weight is 340 g/mol. The summed E-state index contributed by atoms with van der Waals surface area (Å²) < 4.78 is 0.862. The molecule has 5 heteroatoms. The summed E-state index contributed by atoms with van der Waals surface area (Å²) >= 11 is 5.05. The summed E-state index contributed by atoms with van der Waals surface area (Å²) in [7, 11) is 0. The average Bonchev–Trinajstić information content (AvgIpc) is 2.89. The fraction of sp³-hybridized carbons (Fsp3) is 0.214. The number of hydrogen-bond acceptors (Lipinski definition) is 3. The van der Waals surface area contributed by atoms with Crippen LogP contribution >= 0.6 is 27.3 Å². The van der Waals surface area contributed by atoms with E-state index in [4.69, 9.17) is 0 Å². The van der Waals surface area contributed by atoms with Gasteiger partial charge in [0.05, 0.1) is 17.3 Å². The van der Waals surface area contributed by atoms with E-state index in [1.807, 2.05) is 11.4 Å². The molecule has 0 bridgehead atoms. The van der Waals surface area contributed by atoms with Crippen LogP contribution in [0.5, 0.6) is 0 Å². The lowest BCUT2D eigenvalue weighted by Gasteiger charge is -2.18. The van der Waals surface area contributed by atoms with E-state index in [0.29, 0.717) is 11.3 Å². The van der Waals surface area contributed by atoms with E-state index in [1.54, 1.807) is 29.5 Å². The van der Waals surface area contributed by atoms with Crippen molar-refractivity contribution in [2.45, 2.75) is 19.4 Å². The molecule has 19 heavy (non-hydrogen) atoms. The number of carbonyl (C=O) groups is 1. The summed E-state index contributed by atoms with van der Waals surface area (Å²) in [4.78, 5) is 12.4. The SMILES string of the molecule is CCC(Nc1cc(Br)ccc1C(=O)O)c1cccs1. The van der Waals surface area contributed by atoms with Crippen LogP contribution in [0.15, 0.2) is 40.2 Å². The van der Waals surface area contributed by atoms with Crippen LogP contribution in [-0.2, 0) is 0 Å². The molecule has 1 aromatic carbocycles. The Kier molecular flexibility index (Phi) is 4.61. The normalized spacial score (nSPS) is 12.1. The molecule has 0 saturated heterocycles. The molecule has 0 aliphatic carbocycles. The number of halogens is 1. The number of hydrogen-bond donors (Lipinski definition) is 2. The summed E-state index contributed by atoms with van der Waals surface area (Å²) in [5.74, 6) is -0.920. The third-order valence-electron chi connectivity index (χ3n) is 2.84. The van der Waals surface area contributed by atoms with Gasteiger partial charge in [-0.15, -0.1) is 11.3 Å². The zero-order valence-corrected chi connectivity index (χ0v) is 12.8. The minimum atomic E-state index is -0.920. The molecule has 1 unspecified atom stereocenters. The van der Waals surface area contributed by atoms with Gasteiger partial charge in [-0.1, -0.05) is 28.9 Å². The first kappa shape index (κ1) is 14.1. The summed E-state index contributed by atoms with van der Waals surface area (Å²) in [5, 5.41) is 14.6. The van der Waals surface area contributed by atoms with E-state index < -0.39 is 5.97 Å². The van der Waals surface area contributed by atoms with Gasteiger partial charge in [-0.3, -0.25) is 0 Å². The van der Waals surface area contributed by atoms with Crippen molar-refractivity contribution >= 4 is 38.9 Å². The molecule has 1 aromatic heterocycles. The Morgan fingerprint density at radius 1 is 1.47 bits per heavy atom. The van der Waals surface area contributed by atoms with Gasteiger partial charge in [0.2, 0.25) is 0 Å². The number of carboxylic acid groups (broad SMARTS) is 1. The molecule has 0 aliphatic heterocycles. The molecule has 2 N–H and O–H groups in total. The standard InChI is InChI=1S/C14H14BrNO2S/c1-2-11(13-4-3-7-19-13)16-12-8-9(15)5-6-10(12)14(17)18/h3-8,11,16H,2H2,1H3,(H,17,18). The second-order valence-corrected chi connectivity index (χ2v) is 6.01. The summed E-state index contributed by atoms with van der Waals surface area (Å²) in [6, 6.07) is 9.34. The van der Waals surface area contributed by atoms with Crippen molar-refractivity contribution in [3.05, 3.63) is 50.6 Å². The molecule has 1 heterocycles. The molecular formula is C14H14BrNO2S. The molecule has 0 amide bonds. The Hall–Kier alpha value is -1.33. The molecule has 100 valence electrons. The largest absolute Gasteiger partial charge is 0.478 e. The molecule has 2 aromatic rings. The maximum atomic E-state index is 11.2. The van der Waals surface area contributed by atoms with Crippen LogP contribution in [0, 0.1) is 0 Å². The molecule has 2 rings (SSSR count). The number of carboxylic acids is 1. The van der Waals surface area contributed by atoms with E-state index >= 15 is 0 Å². The summed E-state index contributed by atoms with van der Waals surface area (Å²) in [5.41, 5.74) is 0.931. The Morgan fingerprint density at radius 3 is 2.84 bits per heavy atom. The van der Waals surface area contributed by atoms with Crippen molar-refractivity contribution in [1.29, 1.82) is 0 Å². The lowest BCUT2D eigenvalue weighted by molar-refractivity contribution is 0.0698. The molecule has 0 fully saturated rings. The molecule has 0 saturated carbocycles. The van der Waals surface area contributed by atoms with Crippen molar-refractivity contribution in [1.82, 2.24) is 0 Å². The van der Waals surface area contributed by atoms with Gasteiger partial charge < -0.3 is 10.4 Å². The van der Waals surface area contributed by atoms with Crippen LogP contribution in [0.3, 0.4) is 0 Å². The van der Waals surface area contributed by atoms with Gasteiger partial charge in [-0.25, -0.2) is 4.79 Å². The number of anilines is 1. The highest BCUT2D eigenvalue weighted by Crippen LogP contribution is 2.29. The minimum absolute atomic E-state index is 0.132. The van der Waals surface area contributed by atoms with Crippen molar-refractivity contribution in [2.75, 3.05) is 5.32 Å². The maximum absolute atomic E-state index is 11.2. The van der Waals surface area contributed by atoms with E-state index in [-0.39, 0.29) is 6.04 Å². The smallest absolute Gasteiger partial charge is 0.337 e. The Labute approximate surface area is 124 Å². The molecular weight excluding hydrogens is 326 g/mol. The lowest BCUT2D eigenvalue weighted by atomic mass is 10.1. The molecule has 1 atom stereocenters. The van der Waals surface area contributed by atoms with Crippen LogP contribution in [-0.4, -0.2) is 11.1 Å². The first-order valence-corrected chi connectivity index (χ1v) is 7.62. The van der Waals surface area contributed by atoms with Crippen LogP contribution < -0.4 is 5.32 Å². The predicted octanol–water partition coefficient (Wildman–Crippen LogP) is 4.77. The van der Waals surface area contributed by atoms with Crippen LogP contribution in [0.1, 0.15) is 34.6 Å².